The third-order valence-corrected chi connectivity index (χ3v) is 13.7. The molecule has 0 aromatic rings. The second-order valence-electron chi connectivity index (χ2n) is 33.1. The van der Waals surface area contributed by atoms with E-state index in [1.165, 1.54) is 0 Å². The molecule has 98 heavy (non-hydrogen) atoms. The molecule has 0 N–H and O–H groups in total. The first-order valence-corrected chi connectivity index (χ1v) is 34.4. The molecule has 0 spiro atoms. The summed E-state index contributed by atoms with van der Waals surface area (Å²) in [6.07, 6.45) is 0. The summed E-state index contributed by atoms with van der Waals surface area (Å²) in [5.41, 5.74) is -6.12. The molecule has 0 saturated carbocycles. The van der Waals surface area contributed by atoms with Gasteiger partial charge in [-0.25, -0.2) is 0 Å². The fraction of sp³-hybridized carbons (Fsp3) is 0.833. The predicted octanol–water partition coefficient (Wildman–Crippen LogP) is 4.94. The molecule has 0 radical (unpaired) electrons. The van der Waals surface area contributed by atoms with Crippen LogP contribution in [0.2, 0.25) is 0 Å². The Morgan fingerprint density at radius 2 is 0.439 bits per heavy atom. The van der Waals surface area contributed by atoms with Gasteiger partial charge < -0.3 is 47.4 Å². The van der Waals surface area contributed by atoms with E-state index in [-0.39, 0.29) is 105 Å². The Bertz CT molecular complexity index is 2490. The Hall–Kier alpha value is -5.52. The Balaban J connectivity index is 2.66. The highest BCUT2D eigenvalue weighted by molar-refractivity contribution is 5.75. The molecule has 0 bridgehead atoms. The van der Waals surface area contributed by atoms with Gasteiger partial charge in [0.05, 0.1) is 65.6 Å². The van der Waals surface area contributed by atoms with Gasteiger partial charge in [0, 0.05) is 104 Å². The highest BCUT2D eigenvalue weighted by Crippen LogP contribution is 2.19. The first kappa shape index (κ1) is 88.6. The number of esters is 8. The molecule has 0 aliphatic carbocycles. The molecule has 2 unspecified atom stereocenters. The Labute approximate surface area is 587 Å². The van der Waals surface area contributed by atoms with E-state index in [0.29, 0.717) is 65.4 Å². The summed E-state index contributed by atoms with van der Waals surface area (Å²) in [7, 11) is 0. The van der Waals surface area contributed by atoms with E-state index in [0.717, 1.165) is 0 Å². The van der Waals surface area contributed by atoms with Crippen molar-refractivity contribution in [2.24, 2.45) is 0 Å². The van der Waals surface area contributed by atoms with Crippen molar-refractivity contribution >= 4 is 47.8 Å². The molecule has 0 amide bonds. The van der Waals surface area contributed by atoms with Gasteiger partial charge in [-0.05, 0) is 178 Å². The van der Waals surface area contributed by atoms with Crippen LogP contribution in [0.4, 0.5) is 0 Å². The largest absolute Gasteiger partial charge is 0.459 e. The van der Waals surface area contributed by atoms with Crippen molar-refractivity contribution in [1.82, 2.24) is 39.2 Å². The summed E-state index contributed by atoms with van der Waals surface area (Å²) < 4.78 is 58.9. The summed E-state index contributed by atoms with van der Waals surface area (Å²) in [5.74, 6) is 8.01. The van der Waals surface area contributed by atoms with Crippen LogP contribution in [0.25, 0.3) is 0 Å². The van der Waals surface area contributed by atoms with Crippen molar-refractivity contribution in [3.8, 4) is 23.7 Å². The van der Waals surface area contributed by atoms with E-state index in [4.69, 9.17) is 47.4 Å². The smallest absolute Gasteiger partial charge is 0.320 e. The van der Waals surface area contributed by atoms with E-state index >= 15 is 0 Å². The third-order valence-electron chi connectivity index (χ3n) is 13.7. The number of carbonyl (C=O) groups excluding carboxylic acids is 8. The average Bonchev–Trinajstić information content (AvgIpc) is 0.861. The minimum absolute atomic E-state index is 0.0270. The molecular formula is C72H126N8O18. The number of hydrogen-bond donors (Lipinski definition) is 0. The Morgan fingerprint density at radius 1 is 0.265 bits per heavy atom. The van der Waals surface area contributed by atoms with Gasteiger partial charge in [0.1, 0.15) is 58.0 Å². The zero-order valence-corrected chi connectivity index (χ0v) is 64.5. The maximum atomic E-state index is 13.8. The number of hydrogen-bond acceptors (Lipinski definition) is 26. The summed E-state index contributed by atoms with van der Waals surface area (Å²) in [6.45, 7) is 46.3. The van der Waals surface area contributed by atoms with Crippen LogP contribution in [0.15, 0.2) is 0 Å². The van der Waals surface area contributed by atoms with Crippen LogP contribution in [0, 0.1) is 23.7 Å². The van der Waals surface area contributed by atoms with Crippen molar-refractivity contribution in [2.75, 3.05) is 170 Å². The fourth-order valence-corrected chi connectivity index (χ4v) is 10.2. The van der Waals surface area contributed by atoms with E-state index in [1.807, 2.05) is 39.2 Å². The quantitative estimate of drug-likeness (QED) is 0.0602. The number of nitrogens with zero attached hydrogens (tertiary/aromatic N) is 8. The van der Waals surface area contributed by atoms with Crippen LogP contribution in [0.5, 0.6) is 0 Å². The minimum Gasteiger partial charge on any atom is -0.459 e. The Kier molecular flexibility index (Phi) is 36.3. The average molecular weight is 1390 g/mol. The van der Waals surface area contributed by atoms with Crippen molar-refractivity contribution in [3.05, 3.63) is 0 Å². The summed E-state index contributed by atoms with van der Waals surface area (Å²) in [6, 6.07) is -1.13. The van der Waals surface area contributed by atoms with Gasteiger partial charge in [0.15, 0.2) is 0 Å². The number of rotatable bonds is 22. The molecule has 2 saturated heterocycles. The van der Waals surface area contributed by atoms with Gasteiger partial charge in [-0.2, -0.15) is 0 Å². The zero-order valence-electron chi connectivity index (χ0n) is 64.5. The van der Waals surface area contributed by atoms with Crippen molar-refractivity contribution < 1.29 is 85.7 Å². The van der Waals surface area contributed by atoms with Crippen LogP contribution in [0.3, 0.4) is 0 Å². The van der Waals surface area contributed by atoms with Crippen LogP contribution < -0.4 is 0 Å². The van der Waals surface area contributed by atoms with Crippen LogP contribution in [-0.4, -0.2) is 314 Å². The lowest BCUT2D eigenvalue weighted by molar-refractivity contribution is -0.160. The summed E-state index contributed by atoms with van der Waals surface area (Å²) in [5, 5.41) is 0. The molecule has 0 aromatic carbocycles. The van der Waals surface area contributed by atoms with Gasteiger partial charge in [0.2, 0.25) is 0 Å². The molecular weight excluding hydrogens is 1260 g/mol. The van der Waals surface area contributed by atoms with Gasteiger partial charge in [-0.1, -0.05) is 11.8 Å². The molecule has 2 heterocycles. The van der Waals surface area contributed by atoms with E-state index in [9.17, 15) is 38.4 Å². The maximum absolute atomic E-state index is 13.8. The molecule has 2 atom stereocenters. The van der Waals surface area contributed by atoms with Gasteiger partial charge >= 0.3 is 47.8 Å². The third kappa shape index (κ3) is 46.0. The predicted molar refractivity (Wildman–Crippen MR) is 373 cm³/mol. The lowest BCUT2D eigenvalue weighted by Crippen LogP contribution is -2.55. The molecule has 26 heteroatoms. The van der Waals surface area contributed by atoms with Crippen LogP contribution >= 0.6 is 0 Å². The summed E-state index contributed by atoms with van der Waals surface area (Å²) >= 11 is 0. The van der Waals surface area contributed by atoms with E-state index < -0.39 is 105 Å². The SMILES string of the molecule is CC(C)(C)OC(=O)CN1CCN(CC(=O)OC(C)(C)C)CCN(CC(=O)OC(C)(C)C)C(COCC#CC#CCOCC2CN(CC(=O)OC(C)(C)C)CCN(CC(=O)OC(C)(C)C)CCN(CC(=O)OC(C)(C)C)CCN2CC(=O)OC(C)(C)C)CN(CC(=O)OC(C)(C)C)CC1. The lowest BCUT2D eigenvalue weighted by Gasteiger charge is -2.38. The molecule has 0 aromatic heterocycles. The molecule has 2 aliphatic rings. The zero-order chi connectivity index (χ0) is 74.7. The van der Waals surface area contributed by atoms with Crippen molar-refractivity contribution in [3.63, 3.8) is 0 Å². The van der Waals surface area contributed by atoms with Gasteiger partial charge in [-0.3, -0.25) is 77.6 Å². The standard InChI is InChI=1S/C72H126N8O18/c1-65(2,3)91-57(81)45-73-29-31-75(47-59(83)93-67(7,8)9)37-39-79(51-63(87)97-71(19,20)21)55(43-77(35-33-73)49-61(85)95-69(13,14)15)53-89-41-27-25-26-28-42-90-54-56-44-78(50-62(86)96-70(16,17)18)36-34-74(46-58(82)92-66(4,5)6)30-32-76(48-60(84)94-68(10,11)12)38-40-80(56)52-64(88)98-72(22,23)24/h55-56H,29-54H2,1-24H3. The second kappa shape index (κ2) is 40.2. The van der Waals surface area contributed by atoms with E-state index in [2.05, 4.69) is 23.7 Å². The Morgan fingerprint density at radius 3 is 0.643 bits per heavy atom. The number of ether oxygens (including phenoxy) is 10. The molecule has 26 nitrogen and oxygen atoms in total. The first-order chi connectivity index (χ1) is 44.8. The van der Waals surface area contributed by atoms with Crippen molar-refractivity contribution in [1.29, 1.82) is 0 Å². The fourth-order valence-electron chi connectivity index (χ4n) is 10.2. The lowest BCUT2D eigenvalue weighted by atomic mass is 10.2. The van der Waals surface area contributed by atoms with Gasteiger partial charge in [0.25, 0.3) is 0 Å². The highest BCUT2D eigenvalue weighted by atomic mass is 16.6. The van der Waals surface area contributed by atoms with Crippen molar-refractivity contribution in [2.45, 2.75) is 223 Å². The molecule has 2 fully saturated rings. The second-order valence-corrected chi connectivity index (χ2v) is 33.1. The summed E-state index contributed by atoms with van der Waals surface area (Å²) in [4.78, 5) is 124. The molecule has 562 valence electrons. The topological polar surface area (TPSA) is 255 Å². The minimum atomic E-state index is -0.802. The van der Waals surface area contributed by atoms with Crippen LogP contribution in [-0.2, 0) is 85.7 Å². The van der Waals surface area contributed by atoms with Crippen LogP contribution in [0.1, 0.15) is 166 Å². The maximum Gasteiger partial charge on any atom is 0.320 e. The van der Waals surface area contributed by atoms with E-state index in [1.54, 1.807) is 166 Å². The molecule has 2 rings (SSSR count). The monoisotopic (exact) mass is 1390 g/mol. The highest BCUT2D eigenvalue weighted by Gasteiger charge is 2.34. The first-order valence-electron chi connectivity index (χ1n) is 34.4. The number of carbonyl (C=O) groups is 8. The van der Waals surface area contributed by atoms with Gasteiger partial charge in [-0.15, -0.1) is 0 Å². The normalized spacial score (nSPS) is 18.9. The molecule has 2 aliphatic heterocycles.